The first kappa shape index (κ1) is 17.0. The van der Waals surface area contributed by atoms with Crippen LogP contribution in [-0.2, 0) is 9.59 Å². The first-order valence-corrected chi connectivity index (χ1v) is 7.74. The summed E-state index contributed by atoms with van der Waals surface area (Å²) in [6, 6.07) is 13.2. The zero-order chi connectivity index (χ0) is 16.8. The second-order valence-electron chi connectivity index (χ2n) is 5.84. The summed E-state index contributed by atoms with van der Waals surface area (Å²) in [6.07, 6.45) is -0.0678. The highest BCUT2D eigenvalue weighted by molar-refractivity contribution is 6.40. The Morgan fingerprint density at radius 2 is 1.74 bits per heavy atom. The Kier molecular flexibility index (Phi) is 5.71. The van der Waals surface area contributed by atoms with E-state index in [-0.39, 0.29) is 12.5 Å². The van der Waals surface area contributed by atoms with Crippen molar-refractivity contribution < 1.29 is 14.7 Å². The number of benzene rings is 2. The minimum Gasteiger partial charge on any atom is -0.393 e. The maximum absolute atomic E-state index is 12.0. The number of anilines is 1. The van der Waals surface area contributed by atoms with Crippen LogP contribution in [0.15, 0.2) is 42.5 Å². The van der Waals surface area contributed by atoms with Gasteiger partial charge in [-0.15, -0.1) is 0 Å². The zero-order valence-corrected chi connectivity index (χ0v) is 13.4. The molecule has 0 aliphatic rings. The highest BCUT2D eigenvalue weighted by atomic mass is 16.3. The Bertz CT molecular complexity index is 692. The Balaban J connectivity index is 1.94. The fourth-order valence-corrected chi connectivity index (χ4v) is 2.26. The molecule has 0 saturated heterocycles. The van der Waals surface area contributed by atoms with Crippen molar-refractivity contribution in [3.8, 4) is 0 Å². The average molecular weight is 314 g/mol. The van der Waals surface area contributed by atoms with E-state index in [1.807, 2.05) is 50.2 Å². The second-order valence-corrected chi connectivity index (χ2v) is 5.84. The third-order valence-electron chi connectivity index (χ3n) is 3.74. The predicted molar refractivity (Wildman–Crippen MR) is 91.0 cm³/mol. The summed E-state index contributed by atoms with van der Waals surface area (Å²) in [6.45, 7) is 4.07. The van der Waals surface area contributed by atoms with Crippen molar-refractivity contribution in [2.24, 2.45) is 5.92 Å². The van der Waals surface area contributed by atoms with Gasteiger partial charge in [0, 0.05) is 17.6 Å². The van der Waals surface area contributed by atoms with Gasteiger partial charge >= 0.3 is 11.8 Å². The first-order chi connectivity index (χ1) is 11.0. The highest BCUT2D eigenvalue weighted by Gasteiger charge is 2.15. The zero-order valence-electron chi connectivity index (χ0n) is 13.4. The minimum absolute atomic E-state index is 0.122. The quantitative estimate of drug-likeness (QED) is 0.741. The molecule has 1 unspecified atom stereocenters. The first-order valence-electron chi connectivity index (χ1n) is 7.74. The smallest absolute Gasteiger partial charge is 0.313 e. The molecule has 2 amide bonds. The minimum atomic E-state index is -0.708. The number of rotatable bonds is 5. The number of hydrogen-bond donors (Lipinski definition) is 3. The summed E-state index contributed by atoms with van der Waals surface area (Å²) in [5, 5.41) is 16.7. The molecule has 0 radical (unpaired) electrons. The number of carbonyl (C=O) groups is 2. The Morgan fingerprint density at radius 1 is 1.04 bits per heavy atom. The van der Waals surface area contributed by atoms with E-state index >= 15 is 0 Å². The van der Waals surface area contributed by atoms with Gasteiger partial charge in [0.15, 0.2) is 0 Å². The lowest BCUT2D eigenvalue weighted by atomic mass is 10.0. The molecule has 0 fully saturated rings. The van der Waals surface area contributed by atoms with Crippen molar-refractivity contribution in [3.63, 3.8) is 0 Å². The molecule has 0 saturated carbocycles. The number of fused-ring (bicyclic) bond motifs is 1. The molecule has 1 atom stereocenters. The monoisotopic (exact) mass is 314 g/mol. The van der Waals surface area contributed by atoms with E-state index in [4.69, 9.17) is 0 Å². The van der Waals surface area contributed by atoms with Crippen LogP contribution in [0.1, 0.15) is 20.3 Å². The van der Waals surface area contributed by atoms with E-state index in [1.165, 1.54) is 0 Å². The normalized spacial score (nSPS) is 12.2. The van der Waals surface area contributed by atoms with Crippen LogP contribution in [-0.4, -0.2) is 29.6 Å². The molecule has 2 aromatic carbocycles. The van der Waals surface area contributed by atoms with Gasteiger partial charge in [-0.3, -0.25) is 9.59 Å². The lowest BCUT2D eigenvalue weighted by Crippen LogP contribution is -2.37. The molecule has 0 aliphatic carbocycles. The molecular formula is C18H22N2O3. The van der Waals surface area contributed by atoms with E-state index in [2.05, 4.69) is 10.6 Å². The maximum Gasteiger partial charge on any atom is 0.313 e. The van der Waals surface area contributed by atoms with Crippen molar-refractivity contribution in [3.05, 3.63) is 42.5 Å². The molecule has 122 valence electrons. The van der Waals surface area contributed by atoms with Gasteiger partial charge in [0.25, 0.3) is 0 Å². The van der Waals surface area contributed by atoms with Crippen LogP contribution in [0.5, 0.6) is 0 Å². The molecule has 0 heterocycles. The van der Waals surface area contributed by atoms with E-state index < -0.39 is 17.9 Å². The van der Waals surface area contributed by atoms with Crippen LogP contribution < -0.4 is 10.6 Å². The summed E-state index contributed by atoms with van der Waals surface area (Å²) in [5.74, 6) is -1.29. The summed E-state index contributed by atoms with van der Waals surface area (Å²) in [5.41, 5.74) is 0.602. The van der Waals surface area contributed by atoms with Crippen LogP contribution in [0.2, 0.25) is 0 Å². The molecule has 23 heavy (non-hydrogen) atoms. The number of aliphatic hydroxyl groups is 1. The number of aliphatic hydroxyl groups excluding tert-OH is 1. The van der Waals surface area contributed by atoms with Crippen LogP contribution in [0.3, 0.4) is 0 Å². The second kappa shape index (κ2) is 7.74. The average Bonchev–Trinajstić information content (AvgIpc) is 2.54. The third-order valence-corrected chi connectivity index (χ3v) is 3.74. The van der Waals surface area contributed by atoms with Crippen LogP contribution in [0.25, 0.3) is 10.8 Å². The van der Waals surface area contributed by atoms with Gasteiger partial charge in [-0.2, -0.15) is 0 Å². The predicted octanol–water partition coefficient (Wildman–Crippen LogP) is 2.30. The van der Waals surface area contributed by atoms with Crippen molar-refractivity contribution in [1.82, 2.24) is 5.32 Å². The molecule has 2 aromatic rings. The molecule has 0 spiro atoms. The van der Waals surface area contributed by atoms with Crippen molar-refractivity contribution in [1.29, 1.82) is 0 Å². The molecule has 0 aliphatic heterocycles. The molecular weight excluding hydrogens is 292 g/mol. The third kappa shape index (κ3) is 4.53. The van der Waals surface area contributed by atoms with E-state index in [0.717, 1.165) is 10.8 Å². The molecule has 2 rings (SSSR count). The highest BCUT2D eigenvalue weighted by Crippen LogP contribution is 2.22. The molecule has 5 heteroatoms. The number of amides is 2. The Labute approximate surface area is 135 Å². The number of carbonyl (C=O) groups excluding carboxylic acids is 2. The van der Waals surface area contributed by atoms with Crippen LogP contribution >= 0.6 is 0 Å². The van der Waals surface area contributed by atoms with E-state index in [9.17, 15) is 14.7 Å². The molecule has 0 aromatic heterocycles. The molecule has 5 nitrogen and oxygen atoms in total. The van der Waals surface area contributed by atoms with Gasteiger partial charge in [0.05, 0.1) is 6.10 Å². The maximum atomic E-state index is 12.0. The van der Waals surface area contributed by atoms with Crippen LogP contribution in [0, 0.1) is 5.92 Å². The van der Waals surface area contributed by atoms with Crippen LogP contribution in [0.4, 0.5) is 5.69 Å². The SMILES string of the molecule is CC(C)C(O)CCNC(=O)C(=O)Nc1cccc2ccccc12. The van der Waals surface area contributed by atoms with Crippen molar-refractivity contribution >= 4 is 28.3 Å². The van der Waals surface area contributed by atoms with Gasteiger partial charge in [-0.25, -0.2) is 0 Å². The topological polar surface area (TPSA) is 78.4 Å². The summed E-state index contributed by atoms with van der Waals surface area (Å²) < 4.78 is 0. The Hall–Kier alpha value is -2.40. The van der Waals surface area contributed by atoms with Gasteiger partial charge in [-0.05, 0) is 23.8 Å². The summed E-state index contributed by atoms with van der Waals surface area (Å²) >= 11 is 0. The van der Waals surface area contributed by atoms with Gasteiger partial charge in [-0.1, -0.05) is 50.2 Å². The molecule has 0 bridgehead atoms. The standard InChI is InChI=1S/C18H22N2O3/c1-12(2)16(21)10-11-19-17(22)18(23)20-15-9-5-7-13-6-3-4-8-14(13)15/h3-9,12,16,21H,10-11H2,1-2H3,(H,19,22)(H,20,23). The Morgan fingerprint density at radius 3 is 2.48 bits per heavy atom. The van der Waals surface area contributed by atoms with Crippen molar-refractivity contribution in [2.75, 3.05) is 11.9 Å². The lowest BCUT2D eigenvalue weighted by Gasteiger charge is -2.14. The van der Waals surface area contributed by atoms with Gasteiger partial charge in [0.2, 0.25) is 0 Å². The number of hydrogen-bond acceptors (Lipinski definition) is 3. The van der Waals surface area contributed by atoms with Crippen molar-refractivity contribution in [2.45, 2.75) is 26.4 Å². The van der Waals surface area contributed by atoms with Gasteiger partial charge < -0.3 is 15.7 Å². The fourth-order valence-electron chi connectivity index (χ4n) is 2.26. The largest absolute Gasteiger partial charge is 0.393 e. The summed E-state index contributed by atoms with van der Waals surface area (Å²) in [4.78, 5) is 23.8. The fraction of sp³-hybridized carbons (Fsp3) is 0.333. The number of nitrogens with one attached hydrogen (secondary N) is 2. The molecule has 3 N–H and O–H groups in total. The lowest BCUT2D eigenvalue weighted by molar-refractivity contribution is -0.136. The van der Waals surface area contributed by atoms with Gasteiger partial charge in [0.1, 0.15) is 0 Å². The van der Waals surface area contributed by atoms with E-state index in [0.29, 0.717) is 12.1 Å². The summed E-state index contributed by atoms with van der Waals surface area (Å²) in [7, 11) is 0. The van der Waals surface area contributed by atoms with E-state index in [1.54, 1.807) is 6.07 Å².